The fourth-order valence-electron chi connectivity index (χ4n) is 7.32. The van der Waals surface area contributed by atoms with Crippen LogP contribution in [0.4, 0.5) is 0 Å². The Morgan fingerprint density at radius 2 is 1.54 bits per heavy atom. The van der Waals surface area contributed by atoms with Crippen LogP contribution < -0.4 is 0 Å². The predicted molar refractivity (Wildman–Crippen MR) is 102 cm³/mol. The van der Waals surface area contributed by atoms with Gasteiger partial charge in [-0.25, -0.2) is 0 Å². The summed E-state index contributed by atoms with van der Waals surface area (Å²) in [5, 5.41) is 9.56. The fraction of sp³-hybridized carbons (Fsp3) is 0.652. The number of hydrogen-bond donors (Lipinski definition) is 0. The molecule has 4 bridgehead atoms. The predicted octanol–water partition coefficient (Wildman–Crippen LogP) is 4.87. The highest BCUT2D eigenvalue weighted by molar-refractivity contribution is 5.22. The molecule has 3 nitrogen and oxygen atoms in total. The third-order valence-electron chi connectivity index (χ3n) is 8.03. The molecule has 0 saturated heterocycles. The molecule has 26 heavy (non-hydrogen) atoms. The van der Waals surface area contributed by atoms with Crippen molar-refractivity contribution in [2.75, 3.05) is 0 Å². The molecule has 2 aromatic rings. The van der Waals surface area contributed by atoms with E-state index in [1.165, 1.54) is 68.6 Å². The molecule has 0 radical (unpaired) electrons. The van der Waals surface area contributed by atoms with E-state index in [2.05, 4.69) is 34.9 Å². The second-order valence-corrected chi connectivity index (χ2v) is 9.72. The van der Waals surface area contributed by atoms with Gasteiger partial charge in [-0.05, 0) is 80.6 Å². The standard InChI is InChI=1S/C23H29N3/c1-2-4-19(5-3-1)20-6-7-21-24-25-22(26(21)9-8-20)23-13-16-10-17(14-23)12-18(11-16)15-23/h1-5,16-18,20H,6-15H2. The molecule has 1 aliphatic heterocycles. The molecule has 5 aliphatic rings. The molecule has 0 amide bonds. The summed E-state index contributed by atoms with van der Waals surface area (Å²) in [7, 11) is 0. The number of benzene rings is 1. The van der Waals surface area contributed by atoms with Crippen LogP contribution in [0.5, 0.6) is 0 Å². The van der Waals surface area contributed by atoms with Crippen LogP contribution in [-0.2, 0) is 18.4 Å². The Bertz CT molecular complexity index is 771. The van der Waals surface area contributed by atoms with Crippen LogP contribution >= 0.6 is 0 Å². The van der Waals surface area contributed by atoms with Crippen molar-refractivity contribution in [1.29, 1.82) is 0 Å². The van der Waals surface area contributed by atoms with Crippen molar-refractivity contribution in [1.82, 2.24) is 14.8 Å². The topological polar surface area (TPSA) is 30.7 Å². The number of hydrogen-bond acceptors (Lipinski definition) is 2. The Balaban J connectivity index is 1.31. The summed E-state index contributed by atoms with van der Waals surface area (Å²) in [6.07, 6.45) is 12.2. The van der Waals surface area contributed by atoms with Crippen LogP contribution in [0.15, 0.2) is 30.3 Å². The number of nitrogens with zero attached hydrogens (tertiary/aromatic N) is 3. The normalized spacial score (nSPS) is 38.2. The zero-order chi connectivity index (χ0) is 17.1. The number of fused-ring (bicyclic) bond motifs is 1. The van der Waals surface area contributed by atoms with Crippen molar-refractivity contribution in [3.05, 3.63) is 47.5 Å². The first-order valence-corrected chi connectivity index (χ1v) is 10.8. The van der Waals surface area contributed by atoms with Gasteiger partial charge in [0, 0.05) is 18.4 Å². The van der Waals surface area contributed by atoms with Crippen LogP contribution in [-0.4, -0.2) is 14.8 Å². The Kier molecular flexibility index (Phi) is 3.37. The van der Waals surface area contributed by atoms with Crippen LogP contribution in [0.2, 0.25) is 0 Å². The minimum Gasteiger partial charge on any atom is -0.314 e. The molecular formula is C23H29N3. The second kappa shape index (κ2) is 5.68. The van der Waals surface area contributed by atoms with E-state index in [4.69, 9.17) is 10.2 Å². The van der Waals surface area contributed by atoms with Gasteiger partial charge in [-0.3, -0.25) is 0 Å². The summed E-state index contributed by atoms with van der Waals surface area (Å²) in [5.74, 6) is 6.21. The van der Waals surface area contributed by atoms with E-state index in [0.29, 0.717) is 11.3 Å². The van der Waals surface area contributed by atoms with Crippen molar-refractivity contribution in [2.24, 2.45) is 17.8 Å². The lowest BCUT2D eigenvalue weighted by atomic mass is 9.49. The van der Waals surface area contributed by atoms with Gasteiger partial charge in [0.05, 0.1) is 0 Å². The number of rotatable bonds is 2. The molecule has 1 atom stereocenters. The summed E-state index contributed by atoms with van der Waals surface area (Å²) < 4.78 is 2.57. The summed E-state index contributed by atoms with van der Waals surface area (Å²) in [6, 6.07) is 11.1. The maximum absolute atomic E-state index is 4.84. The van der Waals surface area contributed by atoms with Gasteiger partial charge in [-0.15, -0.1) is 10.2 Å². The summed E-state index contributed by atoms with van der Waals surface area (Å²) >= 11 is 0. The molecule has 3 heteroatoms. The highest BCUT2D eigenvalue weighted by Gasteiger charge is 2.54. The molecule has 4 saturated carbocycles. The summed E-state index contributed by atoms with van der Waals surface area (Å²) in [4.78, 5) is 0. The average molecular weight is 348 g/mol. The first-order chi connectivity index (χ1) is 12.8. The maximum atomic E-state index is 4.84. The largest absolute Gasteiger partial charge is 0.314 e. The lowest BCUT2D eigenvalue weighted by Crippen LogP contribution is -2.49. The summed E-state index contributed by atoms with van der Waals surface area (Å²) in [6.45, 7) is 1.11. The Morgan fingerprint density at radius 1 is 0.846 bits per heavy atom. The lowest BCUT2D eigenvalue weighted by molar-refractivity contribution is -0.0112. The van der Waals surface area contributed by atoms with E-state index in [1.807, 2.05) is 0 Å². The molecule has 0 spiro atoms. The van der Waals surface area contributed by atoms with Crippen LogP contribution in [0.1, 0.15) is 74.5 Å². The van der Waals surface area contributed by atoms with Gasteiger partial charge in [0.25, 0.3) is 0 Å². The van der Waals surface area contributed by atoms with Crippen molar-refractivity contribution in [3.63, 3.8) is 0 Å². The Hall–Kier alpha value is -1.64. The van der Waals surface area contributed by atoms with Gasteiger partial charge in [-0.1, -0.05) is 30.3 Å². The highest BCUT2D eigenvalue weighted by atomic mass is 15.3. The van der Waals surface area contributed by atoms with Crippen molar-refractivity contribution >= 4 is 0 Å². The molecule has 7 rings (SSSR count). The number of aromatic nitrogens is 3. The fourth-order valence-corrected chi connectivity index (χ4v) is 7.32. The van der Waals surface area contributed by atoms with Crippen LogP contribution in [0.3, 0.4) is 0 Å². The minimum absolute atomic E-state index is 0.368. The van der Waals surface area contributed by atoms with E-state index in [1.54, 1.807) is 0 Å². The first-order valence-electron chi connectivity index (χ1n) is 10.8. The molecule has 4 aliphatic carbocycles. The molecule has 2 heterocycles. The van der Waals surface area contributed by atoms with Gasteiger partial charge < -0.3 is 4.57 Å². The number of aryl methyl sites for hydroxylation is 1. The molecule has 136 valence electrons. The quantitative estimate of drug-likeness (QED) is 0.776. The summed E-state index contributed by atoms with van der Waals surface area (Å²) in [5.41, 5.74) is 1.87. The molecule has 1 aromatic heterocycles. The molecule has 1 unspecified atom stereocenters. The van der Waals surface area contributed by atoms with Crippen LogP contribution in [0, 0.1) is 17.8 Å². The smallest absolute Gasteiger partial charge is 0.139 e. The van der Waals surface area contributed by atoms with Gasteiger partial charge >= 0.3 is 0 Å². The molecule has 4 fully saturated rings. The van der Waals surface area contributed by atoms with Crippen molar-refractivity contribution < 1.29 is 0 Å². The van der Waals surface area contributed by atoms with E-state index >= 15 is 0 Å². The molecular weight excluding hydrogens is 318 g/mol. The van der Waals surface area contributed by atoms with Crippen molar-refractivity contribution in [3.8, 4) is 0 Å². The van der Waals surface area contributed by atoms with E-state index < -0.39 is 0 Å². The third-order valence-corrected chi connectivity index (χ3v) is 8.03. The SMILES string of the molecule is c1ccc(C2CCc3nnc(C45CC6CC(CC(C6)C4)C5)n3CC2)cc1. The lowest BCUT2D eigenvalue weighted by Gasteiger charge is -2.56. The van der Waals surface area contributed by atoms with E-state index in [-0.39, 0.29) is 0 Å². The maximum Gasteiger partial charge on any atom is 0.139 e. The van der Waals surface area contributed by atoms with E-state index in [0.717, 1.165) is 30.7 Å². The second-order valence-electron chi connectivity index (χ2n) is 9.72. The van der Waals surface area contributed by atoms with Crippen molar-refractivity contribution in [2.45, 2.75) is 75.7 Å². The minimum atomic E-state index is 0.368. The van der Waals surface area contributed by atoms with Gasteiger partial charge in [0.15, 0.2) is 0 Å². The van der Waals surface area contributed by atoms with E-state index in [9.17, 15) is 0 Å². The van der Waals surface area contributed by atoms with Gasteiger partial charge in [0.2, 0.25) is 0 Å². The monoisotopic (exact) mass is 347 g/mol. The zero-order valence-corrected chi connectivity index (χ0v) is 15.6. The Morgan fingerprint density at radius 3 is 2.23 bits per heavy atom. The molecule has 0 N–H and O–H groups in total. The van der Waals surface area contributed by atoms with Gasteiger partial charge in [-0.2, -0.15) is 0 Å². The molecule has 1 aromatic carbocycles. The third kappa shape index (κ3) is 2.32. The van der Waals surface area contributed by atoms with Gasteiger partial charge in [0.1, 0.15) is 11.6 Å². The Labute approximate surface area is 156 Å². The zero-order valence-electron chi connectivity index (χ0n) is 15.6. The highest BCUT2D eigenvalue weighted by Crippen LogP contribution is 2.60. The first kappa shape index (κ1) is 15.4. The average Bonchev–Trinajstić information content (AvgIpc) is 2.94. The van der Waals surface area contributed by atoms with Crippen LogP contribution in [0.25, 0.3) is 0 Å².